The number of ether oxygens (including phenoxy) is 3. The lowest BCUT2D eigenvalue weighted by Crippen LogP contribution is -2.62. The highest BCUT2D eigenvalue weighted by atomic mass is 35.5. The highest BCUT2D eigenvalue weighted by molar-refractivity contribution is 6.31. The molecule has 4 aliphatic rings. The van der Waals surface area contributed by atoms with Crippen molar-refractivity contribution < 1.29 is 28.6 Å². The van der Waals surface area contributed by atoms with Crippen LogP contribution in [0.2, 0.25) is 5.02 Å². The molecule has 0 bridgehead atoms. The first kappa shape index (κ1) is 36.3. The molecule has 274 valence electrons. The summed E-state index contributed by atoms with van der Waals surface area (Å²) in [6.07, 6.45) is 16.5. The predicted octanol–water partition coefficient (Wildman–Crippen LogP) is 9.90. The van der Waals surface area contributed by atoms with Crippen molar-refractivity contribution >= 4 is 40.4 Å². The van der Waals surface area contributed by atoms with Crippen molar-refractivity contribution in [3.8, 4) is 23.8 Å². The highest BCUT2D eigenvalue weighted by Crippen LogP contribution is 2.75. The molecule has 3 saturated carbocycles. The Hall–Kier alpha value is -4.02. The van der Waals surface area contributed by atoms with Crippen molar-refractivity contribution in [1.29, 1.82) is 0 Å². The van der Waals surface area contributed by atoms with Crippen molar-refractivity contribution in [2.24, 2.45) is 27.6 Å². The van der Waals surface area contributed by atoms with E-state index >= 15 is 0 Å². The molecule has 4 aliphatic carbocycles. The minimum atomic E-state index is -0.604. The Morgan fingerprint density at radius 2 is 1.67 bits per heavy atom. The number of hydrogen-bond donors (Lipinski definition) is 1. The van der Waals surface area contributed by atoms with Gasteiger partial charge in [0.25, 0.3) is 0 Å². The minimum Gasteiger partial charge on any atom is -0.452 e. The Balaban J connectivity index is 1.45. The number of carbonyl (C=O) groups is 3. The second-order valence-corrected chi connectivity index (χ2v) is 17.7. The number of terminal acetylenes is 1. The summed E-state index contributed by atoms with van der Waals surface area (Å²) >= 11 is 6.44. The molecular formula is C44H50ClNO6. The van der Waals surface area contributed by atoms with Gasteiger partial charge in [0.1, 0.15) is 0 Å². The molecule has 0 unspecified atom stereocenters. The van der Waals surface area contributed by atoms with Crippen LogP contribution in [0.5, 0.6) is 11.5 Å². The number of rotatable bonds is 5. The molecule has 7 nitrogen and oxygen atoms in total. The Morgan fingerprint density at radius 1 is 0.962 bits per heavy atom. The minimum absolute atomic E-state index is 0.00859. The first-order valence-electron chi connectivity index (χ1n) is 18.6. The van der Waals surface area contributed by atoms with Gasteiger partial charge in [-0.3, -0.25) is 14.4 Å². The molecule has 0 spiro atoms. The third kappa shape index (κ3) is 5.26. The molecule has 1 N–H and O–H groups in total. The number of nitrogens with one attached hydrogen (secondary N) is 1. The van der Waals surface area contributed by atoms with Gasteiger partial charge in [-0.2, -0.15) is 0 Å². The highest BCUT2D eigenvalue weighted by Gasteiger charge is 2.67. The zero-order valence-corrected chi connectivity index (χ0v) is 32.4. The summed E-state index contributed by atoms with van der Waals surface area (Å²) in [4.78, 5) is 42.0. The van der Waals surface area contributed by atoms with Crippen LogP contribution in [-0.2, 0) is 24.5 Å². The molecule has 2 aromatic carbocycles. The summed E-state index contributed by atoms with van der Waals surface area (Å²) < 4.78 is 17.2. The maximum absolute atomic E-state index is 13.5. The topological polar surface area (TPSA) is 94.7 Å². The number of H-pyrrole nitrogens is 1. The monoisotopic (exact) mass is 723 g/mol. The quantitative estimate of drug-likeness (QED) is 0.122. The number of benzene rings is 2. The van der Waals surface area contributed by atoms with E-state index in [0.29, 0.717) is 5.02 Å². The SMILES string of the molecule is C#CCOC(=O)[C@]1(C)CC[C@]2(C)CC[C@]3(C)C4=C[C@@H](c5c[nH]c6cc(Cl)ccc56)c5c(cc(OC(C)=O)c(OC(C)=O)c5C)[C@]4(C)CC[C@@]3(C)[C@@H]2C1. The third-order valence-corrected chi connectivity index (χ3v) is 14.6. The van der Waals surface area contributed by atoms with E-state index in [-0.39, 0.29) is 52.2 Å². The van der Waals surface area contributed by atoms with E-state index < -0.39 is 22.8 Å². The van der Waals surface area contributed by atoms with Gasteiger partial charge in [-0.25, -0.2) is 0 Å². The van der Waals surface area contributed by atoms with E-state index in [9.17, 15) is 14.4 Å². The van der Waals surface area contributed by atoms with Crippen LogP contribution in [0.1, 0.15) is 122 Å². The number of halogens is 1. The van der Waals surface area contributed by atoms with Gasteiger partial charge in [-0.1, -0.05) is 62.9 Å². The summed E-state index contributed by atoms with van der Waals surface area (Å²) in [5, 5.41) is 1.71. The van der Waals surface area contributed by atoms with Crippen molar-refractivity contribution in [3.05, 3.63) is 69.4 Å². The number of aromatic nitrogens is 1. The van der Waals surface area contributed by atoms with Crippen molar-refractivity contribution in [2.45, 2.75) is 112 Å². The maximum atomic E-state index is 13.5. The van der Waals surface area contributed by atoms with Crippen molar-refractivity contribution in [3.63, 3.8) is 0 Å². The van der Waals surface area contributed by atoms with Crippen LogP contribution in [0.3, 0.4) is 0 Å². The lowest BCUT2D eigenvalue weighted by atomic mass is 9.34. The van der Waals surface area contributed by atoms with Gasteiger partial charge in [-0.05, 0) is 116 Å². The lowest BCUT2D eigenvalue weighted by Gasteiger charge is -2.70. The molecule has 1 aromatic heterocycles. The number of aromatic amines is 1. The molecule has 8 heteroatoms. The second kappa shape index (κ2) is 12.3. The fraction of sp³-hybridized carbons (Fsp3) is 0.523. The molecule has 3 fully saturated rings. The molecule has 3 aromatic rings. The zero-order chi connectivity index (χ0) is 37.6. The molecule has 1 heterocycles. The van der Waals surface area contributed by atoms with Crippen LogP contribution in [0, 0.1) is 46.8 Å². The molecule has 7 atom stereocenters. The number of hydrogen-bond acceptors (Lipinski definition) is 6. The van der Waals surface area contributed by atoms with Gasteiger partial charge in [0.2, 0.25) is 0 Å². The molecular weight excluding hydrogens is 674 g/mol. The fourth-order valence-electron chi connectivity index (χ4n) is 11.3. The van der Waals surface area contributed by atoms with Crippen LogP contribution in [0.4, 0.5) is 0 Å². The van der Waals surface area contributed by atoms with Crippen LogP contribution >= 0.6 is 11.6 Å². The summed E-state index contributed by atoms with van der Waals surface area (Å²) in [6, 6.07) is 7.88. The van der Waals surface area contributed by atoms with Gasteiger partial charge >= 0.3 is 17.9 Å². The summed E-state index contributed by atoms with van der Waals surface area (Å²) in [5.74, 6) is 1.93. The van der Waals surface area contributed by atoms with E-state index in [1.165, 1.54) is 19.4 Å². The first-order valence-corrected chi connectivity index (χ1v) is 18.9. The summed E-state index contributed by atoms with van der Waals surface area (Å²) in [6.45, 7) is 16.5. The predicted molar refractivity (Wildman–Crippen MR) is 202 cm³/mol. The van der Waals surface area contributed by atoms with Gasteiger partial charge in [-0.15, -0.1) is 6.42 Å². The van der Waals surface area contributed by atoms with E-state index in [1.54, 1.807) is 0 Å². The van der Waals surface area contributed by atoms with E-state index in [1.807, 2.05) is 25.1 Å². The second-order valence-electron chi connectivity index (χ2n) is 17.3. The average Bonchev–Trinajstić information content (AvgIpc) is 3.50. The Labute approximate surface area is 312 Å². The largest absolute Gasteiger partial charge is 0.452 e. The fourth-order valence-corrected chi connectivity index (χ4v) is 11.5. The summed E-state index contributed by atoms with van der Waals surface area (Å²) in [7, 11) is 0. The Bertz CT molecular complexity index is 2110. The number of esters is 3. The third-order valence-electron chi connectivity index (χ3n) is 14.4. The Morgan fingerprint density at radius 3 is 2.37 bits per heavy atom. The van der Waals surface area contributed by atoms with Crippen molar-refractivity contribution in [2.75, 3.05) is 6.61 Å². The molecule has 52 heavy (non-hydrogen) atoms. The van der Waals surface area contributed by atoms with Gasteiger partial charge in [0.05, 0.1) is 5.41 Å². The van der Waals surface area contributed by atoms with E-state index in [2.05, 4.69) is 63.9 Å². The van der Waals surface area contributed by atoms with E-state index in [4.69, 9.17) is 32.2 Å². The van der Waals surface area contributed by atoms with Crippen LogP contribution in [0.15, 0.2) is 42.1 Å². The zero-order valence-electron chi connectivity index (χ0n) is 31.7. The maximum Gasteiger partial charge on any atom is 0.312 e. The standard InChI is InChI=1S/C44H50ClNO6/c1-10-19-50-39(49)41(6)14-13-40(5)15-17-43(8)35-21-30(31-24-46-33-20-28(45)11-12-29(31)33)37-25(2)38(52-27(4)48)34(51-26(3)47)22-32(37)42(35,7)16-18-44(43,9)36(40)23-41/h1,11-12,20-22,24,30,36,46H,13-19,23H2,2-9H3/t30-,36+,40+,41+,42-,43+,44-/m0/s1. The average molecular weight is 724 g/mol. The smallest absolute Gasteiger partial charge is 0.312 e. The molecule has 0 saturated heterocycles. The Kier molecular flexibility index (Phi) is 8.57. The molecule has 0 radical (unpaired) electrons. The van der Waals surface area contributed by atoms with Crippen LogP contribution in [0.25, 0.3) is 10.9 Å². The van der Waals surface area contributed by atoms with Crippen LogP contribution < -0.4 is 9.47 Å². The number of fused-ring (bicyclic) bond motifs is 8. The number of carbonyl (C=O) groups excluding carboxylic acids is 3. The number of allylic oxidation sites excluding steroid dienone is 2. The normalized spacial score (nSPS) is 33.3. The first-order chi connectivity index (χ1) is 24.4. The van der Waals surface area contributed by atoms with E-state index in [0.717, 1.165) is 78.1 Å². The van der Waals surface area contributed by atoms with Gasteiger partial charge in [0.15, 0.2) is 18.1 Å². The molecule has 0 aliphatic heterocycles. The van der Waals surface area contributed by atoms with Gasteiger partial charge in [0, 0.05) is 52.9 Å². The van der Waals surface area contributed by atoms with Crippen LogP contribution in [-0.4, -0.2) is 29.5 Å². The summed E-state index contributed by atoms with van der Waals surface area (Å²) in [5.41, 5.74) is 5.08. The molecule has 0 amide bonds. The molecule has 7 rings (SSSR count). The lowest BCUT2D eigenvalue weighted by molar-refractivity contribution is -0.180. The van der Waals surface area contributed by atoms with Gasteiger partial charge < -0.3 is 19.2 Å². The van der Waals surface area contributed by atoms with Crippen molar-refractivity contribution in [1.82, 2.24) is 4.98 Å².